The first-order valence-corrected chi connectivity index (χ1v) is 5.79. The van der Waals surface area contributed by atoms with E-state index in [-0.39, 0.29) is 19.6 Å². The summed E-state index contributed by atoms with van der Waals surface area (Å²) in [7, 11) is 0. The van der Waals surface area contributed by atoms with Gasteiger partial charge in [0, 0.05) is 12.6 Å². The summed E-state index contributed by atoms with van der Waals surface area (Å²) in [6.07, 6.45) is -0.199. The first kappa shape index (κ1) is 16.4. The predicted molar refractivity (Wildman–Crippen MR) is 63.7 cm³/mol. The maximum Gasteiger partial charge on any atom is 0.332 e. The van der Waals surface area contributed by atoms with Gasteiger partial charge in [0.05, 0.1) is 13.0 Å². The van der Waals surface area contributed by atoms with Crippen molar-refractivity contribution in [3.8, 4) is 0 Å². The van der Waals surface area contributed by atoms with Crippen LogP contribution in [-0.4, -0.2) is 53.1 Å². The number of rotatable bonds is 7. The molecule has 0 aliphatic heterocycles. The van der Waals surface area contributed by atoms with Crippen LogP contribution in [0.1, 0.15) is 27.2 Å². The third-order valence-corrected chi connectivity index (χ3v) is 2.43. The number of carbonyl (C=O) groups excluding carboxylic acids is 2. The predicted octanol–water partition coefficient (Wildman–Crippen LogP) is -0.411. The monoisotopic (exact) mass is 260 g/mol. The molecule has 0 saturated heterocycles. The molecule has 104 valence electrons. The maximum atomic E-state index is 11.9. The second kappa shape index (κ2) is 7.65. The minimum atomic E-state index is -1.40. The molecule has 0 bridgehead atoms. The highest BCUT2D eigenvalue weighted by atomic mass is 16.5. The fraction of sp³-hybridized carbons (Fsp3) is 0.727. The van der Waals surface area contributed by atoms with Crippen LogP contribution in [0.5, 0.6) is 0 Å². The van der Waals surface area contributed by atoms with Crippen molar-refractivity contribution in [2.45, 2.75) is 39.3 Å². The van der Waals surface area contributed by atoms with E-state index in [0.717, 1.165) is 0 Å². The Labute approximate surface area is 106 Å². The Morgan fingerprint density at radius 3 is 2.28 bits per heavy atom. The van der Waals surface area contributed by atoms with Crippen molar-refractivity contribution in [3.63, 3.8) is 0 Å². The number of aliphatic carboxylic acids is 1. The van der Waals surface area contributed by atoms with E-state index < -0.39 is 29.9 Å². The number of carboxylic acid groups (broad SMARTS) is 1. The topological polar surface area (TPSA) is 110 Å². The molecule has 0 rings (SSSR count). The van der Waals surface area contributed by atoms with Crippen molar-refractivity contribution in [1.82, 2.24) is 4.90 Å². The van der Waals surface area contributed by atoms with Crippen LogP contribution >= 0.6 is 0 Å². The van der Waals surface area contributed by atoms with Crippen LogP contribution in [0.15, 0.2) is 0 Å². The van der Waals surface area contributed by atoms with E-state index in [0.29, 0.717) is 0 Å². The van der Waals surface area contributed by atoms with Gasteiger partial charge in [0.15, 0.2) is 6.04 Å². The van der Waals surface area contributed by atoms with Crippen molar-refractivity contribution in [3.05, 3.63) is 0 Å². The molecule has 2 unspecified atom stereocenters. The number of hydrogen-bond acceptors (Lipinski definition) is 5. The summed E-state index contributed by atoms with van der Waals surface area (Å²) < 4.78 is 4.65. The number of amides is 1. The van der Waals surface area contributed by atoms with Gasteiger partial charge < -0.3 is 20.5 Å². The van der Waals surface area contributed by atoms with Gasteiger partial charge in [-0.1, -0.05) is 0 Å². The van der Waals surface area contributed by atoms with Crippen LogP contribution in [0.25, 0.3) is 0 Å². The molecule has 0 radical (unpaired) electrons. The van der Waals surface area contributed by atoms with E-state index >= 15 is 0 Å². The summed E-state index contributed by atoms with van der Waals surface area (Å²) in [5, 5.41) is 8.68. The molecule has 7 heteroatoms. The van der Waals surface area contributed by atoms with Crippen molar-refractivity contribution in [2.24, 2.45) is 5.73 Å². The molecule has 7 nitrogen and oxygen atoms in total. The third kappa shape index (κ3) is 4.70. The van der Waals surface area contributed by atoms with E-state index in [1.807, 2.05) is 0 Å². The number of hydrogen-bond donors (Lipinski definition) is 2. The zero-order valence-corrected chi connectivity index (χ0v) is 10.9. The molecule has 0 saturated carbocycles. The number of likely N-dealkylation sites (N-methyl/N-ethyl adjacent to an activating group) is 1. The van der Waals surface area contributed by atoms with E-state index in [2.05, 4.69) is 4.74 Å². The van der Waals surface area contributed by atoms with E-state index in [1.54, 1.807) is 20.8 Å². The Bertz CT molecular complexity index is 319. The van der Waals surface area contributed by atoms with Gasteiger partial charge in [0.1, 0.15) is 0 Å². The van der Waals surface area contributed by atoms with Crippen LogP contribution < -0.4 is 5.73 Å². The normalized spacial score (nSPS) is 13.6. The second-order valence-electron chi connectivity index (χ2n) is 3.80. The smallest absolute Gasteiger partial charge is 0.332 e. The molecule has 0 aliphatic carbocycles. The molecule has 3 N–H and O–H groups in total. The van der Waals surface area contributed by atoms with Crippen LogP contribution in [-0.2, 0) is 19.1 Å². The SMILES string of the molecule is CCOC(=O)C(N)C(=O)N(CC)C(C)CC(=O)O. The third-order valence-electron chi connectivity index (χ3n) is 2.43. The average molecular weight is 260 g/mol. The lowest BCUT2D eigenvalue weighted by Gasteiger charge is -2.28. The standard InChI is InChI=1S/C11H20N2O5/c1-4-13(7(3)6-8(14)15)10(16)9(12)11(17)18-5-2/h7,9H,4-6,12H2,1-3H3,(H,14,15). The summed E-state index contributed by atoms with van der Waals surface area (Å²) in [4.78, 5) is 35.1. The minimum absolute atomic E-state index is 0.136. The quantitative estimate of drug-likeness (QED) is 0.475. The van der Waals surface area contributed by atoms with Gasteiger partial charge in [-0.05, 0) is 20.8 Å². The lowest BCUT2D eigenvalue weighted by Crippen LogP contribution is -2.52. The highest BCUT2D eigenvalue weighted by Crippen LogP contribution is 2.06. The lowest BCUT2D eigenvalue weighted by atomic mass is 10.1. The summed E-state index contributed by atoms with van der Waals surface area (Å²) in [5.74, 6) is -2.44. The molecule has 1 amide bonds. The van der Waals surface area contributed by atoms with Crippen LogP contribution in [0.3, 0.4) is 0 Å². The molecular weight excluding hydrogens is 240 g/mol. The summed E-state index contributed by atoms with van der Waals surface area (Å²) in [6, 6.07) is -1.93. The van der Waals surface area contributed by atoms with E-state index in [4.69, 9.17) is 10.8 Å². The van der Waals surface area contributed by atoms with Crippen LogP contribution in [0.2, 0.25) is 0 Å². The Morgan fingerprint density at radius 1 is 1.33 bits per heavy atom. The Hall–Kier alpha value is -1.63. The molecule has 0 spiro atoms. The Kier molecular flexibility index (Phi) is 6.96. The van der Waals surface area contributed by atoms with Crippen molar-refractivity contribution < 1.29 is 24.2 Å². The number of carboxylic acids is 1. The number of nitrogens with two attached hydrogens (primary N) is 1. The van der Waals surface area contributed by atoms with Gasteiger partial charge in [0.2, 0.25) is 0 Å². The molecule has 0 fully saturated rings. The van der Waals surface area contributed by atoms with Gasteiger partial charge in [-0.15, -0.1) is 0 Å². The summed E-state index contributed by atoms with van der Waals surface area (Å²) in [6.45, 7) is 5.30. The zero-order valence-electron chi connectivity index (χ0n) is 10.9. The summed E-state index contributed by atoms with van der Waals surface area (Å²) in [5.41, 5.74) is 5.48. The zero-order chi connectivity index (χ0) is 14.3. The number of esters is 1. The molecular formula is C11H20N2O5. The largest absolute Gasteiger partial charge is 0.481 e. The van der Waals surface area contributed by atoms with Crippen molar-refractivity contribution >= 4 is 17.8 Å². The fourth-order valence-corrected chi connectivity index (χ4v) is 1.56. The lowest BCUT2D eigenvalue weighted by molar-refractivity contribution is -0.151. The van der Waals surface area contributed by atoms with Gasteiger partial charge >= 0.3 is 11.9 Å². The van der Waals surface area contributed by atoms with Gasteiger partial charge in [-0.25, -0.2) is 4.79 Å². The van der Waals surface area contributed by atoms with E-state index in [1.165, 1.54) is 4.90 Å². The highest BCUT2D eigenvalue weighted by Gasteiger charge is 2.30. The number of ether oxygens (including phenoxy) is 1. The molecule has 0 aromatic heterocycles. The Balaban J connectivity index is 4.69. The van der Waals surface area contributed by atoms with Gasteiger partial charge in [0.25, 0.3) is 5.91 Å². The highest BCUT2D eigenvalue weighted by molar-refractivity contribution is 6.01. The molecule has 2 atom stereocenters. The van der Waals surface area contributed by atoms with Crippen LogP contribution in [0, 0.1) is 0 Å². The second-order valence-corrected chi connectivity index (χ2v) is 3.80. The molecule has 0 aliphatic rings. The van der Waals surface area contributed by atoms with E-state index in [9.17, 15) is 14.4 Å². The first-order valence-electron chi connectivity index (χ1n) is 5.79. The maximum absolute atomic E-state index is 11.9. The number of carbonyl (C=O) groups is 3. The molecule has 18 heavy (non-hydrogen) atoms. The summed E-state index contributed by atoms with van der Waals surface area (Å²) >= 11 is 0. The Morgan fingerprint density at radius 2 is 1.89 bits per heavy atom. The van der Waals surface area contributed by atoms with Crippen molar-refractivity contribution in [1.29, 1.82) is 0 Å². The first-order chi connectivity index (χ1) is 8.34. The van der Waals surface area contributed by atoms with Gasteiger partial charge in [-0.2, -0.15) is 0 Å². The fourth-order valence-electron chi connectivity index (χ4n) is 1.56. The average Bonchev–Trinajstić information content (AvgIpc) is 2.28. The number of nitrogens with zero attached hydrogens (tertiary/aromatic N) is 1. The minimum Gasteiger partial charge on any atom is -0.481 e. The van der Waals surface area contributed by atoms with Gasteiger partial charge in [-0.3, -0.25) is 9.59 Å². The van der Waals surface area contributed by atoms with Crippen LogP contribution in [0.4, 0.5) is 0 Å². The van der Waals surface area contributed by atoms with Crippen molar-refractivity contribution in [2.75, 3.05) is 13.2 Å². The molecule has 0 aromatic carbocycles. The molecule has 0 heterocycles. The molecule has 0 aromatic rings.